The number of carbonyl (C=O) groups is 1. The monoisotopic (exact) mass is 291 g/mol. The van der Waals surface area contributed by atoms with Crippen LogP contribution in [0.5, 0.6) is 0 Å². The number of anilines is 1. The fraction of sp³-hybridized carbons (Fsp3) is 0.562. The highest BCUT2D eigenvalue weighted by molar-refractivity contribution is 5.90. The zero-order chi connectivity index (χ0) is 15.3. The Hall–Kier alpha value is -1.43. The lowest BCUT2D eigenvalue weighted by molar-refractivity contribution is -0.116. The van der Waals surface area contributed by atoms with E-state index in [0.29, 0.717) is 19.5 Å². The lowest BCUT2D eigenvalue weighted by Crippen LogP contribution is -2.30. The maximum atomic E-state index is 11.9. The van der Waals surface area contributed by atoms with Crippen LogP contribution in [0.15, 0.2) is 24.3 Å². The van der Waals surface area contributed by atoms with Gasteiger partial charge in [0.25, 0.3) is 0 Å². The summed E-state index contributed by atoms with van der Waals surface area (Å²) in [6.07, 6.45) is 2.12. The minimum atomic E-state index is -0.563. The number of nitrogens with two attached hydrogens (primary N) is 1. The Bertz CT molecular complexity index is 471. The molecular weight excluding hydrogens is 266 g/mol. The minimum absolute atomic E-state index is 0.0291. The molecule has 1 heterocycles. The van der Waals surface area contributed by atoms with Crippen LogP contribution in [0.2, 0.25) is 0 Å². The molecule has 116 valence electrons. The van der Waals surface area contributed by atoms with Gasteiger partial charge < -0.3 is 21.1 Å². The van der Waals surface area contributed by atoms with Gasteiger partial charge in [-0.05, 0) is 44.0 Å². The number of carbonyl (C=O) groups excluding carboxylic acids is 1. The third kappa shape index (κ3) is 5.12. The molecule has 5 nitrogen and oxygen atoms in total. The van der Waals surface area contributed by atoms with Gasteiger partial charge >= 0.3 is 0 Å². The molecule has 0 aromatic heterocycles. The number of hydrogen-bond donors (Lipinski definition) is 3. The lowest BCUT2D eigenvalue weighted by atomic mass is 10.1. The Morgan fingerprint density at radius 1 is 1.43 bits per heavy atom. The Balaban J connectivity index is 1.67. The summed E-state index contributed by atoms with van der Waals surface area (Å²) in [5, 5.41) is 12.8. The topological polar surface area (TPSA) is 78.6 Å². The Morgan fingerprint density at radius 3 is 2.71 bits per heavy atom. The quantitative estimate of drug-likeness (QED) is 0.738. The molecule has 2 rings (SSSR count). The molecule has 0 spiro atoms. The number of amides is 1. The first kappa shape index (κ1) is 15.9. The highest BCUT2D eigenvalue weighted by atomic mass is 16.3. The van der Waals surface area contributed by atoms with Crippen LogP contribution < -0.4 is 11.1 Å². The van der Waals surface area contributed by atoms with Gasteiger partial charge in [0.1, 0.15) is 0 Å². The van der Waals surface area contributed by atoms with Crippen molar-refractivity contribution in [1.29, 1.82) is 0 Å². The first-order chi connectivity index (χ1) is 9.98. The maximum absolute atomic E-state index is 11.9. The van der Waals surface area contributed by atoms with Gasteiger partial charge in [0.2, 0.25) is 5.91 Å². The molecule has 1 aromatic rings. The Kier molecular flexibility index (Phi) is 5.33. The number of benzene rings is 1. The molecule has 5 heteroatoms. The molecule has 0 radical (unpaired) electrons. The third-order valence-electron chi connectivity index (χ3n) is 3.88. The van der Waals surface area contributed by atoms with Crippen LogP contribution in [0.1, 0.15) is 31.7 Å². The number of hydrogen-bond acceptors (Lipinski definition) is 4. The molecule has 0 bridgehead atoms. The maximum Gasteiger partial charge on any atom is 0.224 e. The molecular formula is C16H25N3O2. The average molecular weight is 291 g/mol. The van der Waals surface area contributed by atoms with Gasteiger partial charge in [0, 0.05) is 31.7 Å². The van der Waals surface area contributed by atoms with Crippen molar-refractivity contribution in [2.24, 2.45) is 5.73 Å². The predicted molar refractivity (Wildman–Crippen MR) is 83.9 cm³/mol. The van der Waals surface area contributed by atoms with Crippen molar-refractivity contribution in [3.8, 4) is 0 Å². The highest BCUT2D eigenvalue weighted by Gasteiger charge is 2.30. The van der Waals surface area contributed by atoms with Crippen molar-refractivity contribution < 1.29 is 9.90 Å². The third-order valence-corrected chi connectivity index (χ3v) is 3.88. The number of rotatable bonds is 6. The van der Waals surface area contributed by atoms with Gasteiger partial charge in [0.15, 0.2) is 0 Å². The van der Waals surface area contributed by atoms with Gasteiger partial charge in [-0.15, -0.1) is 0 Å². The second kappa shape index (κ2) is 7.02. The molecule has 1 fully saturated rings. The number of β-amino-alcohol motifs (C(OH)–C–C–N with tert-alkyl or cyclic N) is 1. The number of nitrogens with zero attached hydrogens (tertiary/aromatic N) is 1. The molecule has 1 aromatic carbocycles. The van der Waals surface area contributed by atoms with E-state index in [9.17, 15) is 9.90 Å². The predicted octanol–water partition coefficient (Wildman–Crippen LogP) is 1.32. The molecule has 1 unspecified atom stereocenters. The van der Waals surface area contributed by atoms with E-state index < -0.39 is 5.60 Å². The van der Waals surface area contributed by atoms with Crippen molar-refractivity contribution >= 4 is 11.6 Å². The van der Waals surface area contributed by atoms with E-state index in [1.165, 1.54) is 0 Å². The van der Waals surface area contributed by atoms with Crippen molar-refractivity contribution in [3.63, 3.8) is 0 Å². The van der Waals surface area contributed by atoms with E-state index in [1.807, 2.05) is 31.2 Å². The van der Waals surface area contributed by atoms with E-state index >= 15 is 0 Å². The first-order valence-corrected chi connectivity index (χ1v) is 7.52. The molecule has 0 aliphatic carbocycles. The summed E-state index contributed by atoms with van der Waals surface area (Å²) in [5.41, 5.74) is 6.83. The molecule has 1 aliphatic rings. The molecule has 1 amide bonds. The lowest BCUT2D eigenvalue weighted by Gasteiger charge is -2.18. The van der Waals surface area contributed by atoms with Gasteiger partial charge in [-0.2, -0.15) is 0 Å². The molecule has 1 atom stereocenters. The molecule has 4 N–H and O–H groups in total. The van der Waals surface area contributed by atoms with Crippen LogP contribution in [0.25, 0.3) is 0 Å². The van der Waals surface area contributed by atoms with Crippen molar-refractivity contribution in [2.45, 2.75) is 38.3 Å². The van der Waals surface area contributed by atoms with Crippen LogP contribution in [0.3, 0.4) is 0 Å². The molecule has 1 saturated heterocycles. The Labute approximate surface area is 126 Å². The van der Waals surface area contributed by atoms with Gasteiger partial charge in [-0.3, -0.25) is 4.79 Å². The summed E-state index contributed by atoms with van der Waals surface area (Å²) in [7, 11) is 0. The standard InChI is InChI=1S/C16H25N3O2/c1-16(21)8-10-19(12-16)9-2-3-15(20)18-14-6-4-13(11-17)5-7-14/h4-7,21H,2-3,8-12,17H2,1H3,(H,18,20). The zero-order valence-electron chi connectivity index (χ0n) is 12.6. The van der Waals surface area contributed by atoms with Crippen LogP contribution in [-0.2, 0) is 11.3 Å². The summed E-state index contributed by atoms with van der Waals surface area (Å²) < 4.78 is 0. The van der Waals surface area contributed by atoms with Crippen molar-refractivity contribution in [3.05, 3.63) is 29.8 Å². The first-order valence-electron chi connectivity index (χ1n) is 7.52. The smallest absolute Gasteiger partial charge is 0.224 e. The van der Waals surface area contributed by atoms with Crippen LogP contribution in [0.4, 0.5) is 5.69 Å². The normalized spacial score (nSPS) is 22.4. The zero-order valence-corrected chi connectivity index (χ0v) is 12.6. The SMILES string of the molecule is CC1(O)CCN(CCCC(=O)Nc2ccc(CN)cc2)C1. The minimum Gasteiger partial charge on any atom is -0.389 e. The average Bonchev–Trinajstić information content (AvgIpc) is 2.79. The van der Waals surface area contributed by atoms with Crippen molar-refractivity contribution in [2.75, 3.05) is 25.0 Å². The van der Waals surface area contributed by atoms with Gasteiger partial charge in [-0.25, -0.2) is 0 Å². The molecule has 1 aliphatic heterocycles. The number of likely N-dealkylation sites (tertiary alicyclic amines) is 1. The second-order valence-electron chi connectivity index (χ2n) is 6.08. The van der Waals surface area contributed by atoms with E-state index in [0.717, 1.165) is 37.2 Å². The van der Waals surface area contributed by atoms with Crippen molar-refractivity contribution in [1.82, 2.24) is 4.90 Å². The largest absolute Gasteiger partial charge is 0.389 e. The number of nitrogens with one attached hydrogen (secondary N) is 1. The second-order valence-corrected chi connectivity index (χ2v) is 6.08. The fourth-order valence-corrected chi connectivity index (χ4v) is 2.64. The van der Waals surface area contributed by atoms with Gasteiger partial charge in [0.05, 0.1) is 5.60 Å². The summed E-state index contributed by atoms with van der Waals surface area (Å²) in [4.78, 5) is 14.1. The summed E-state index contributed by atoms with van der Waals surface area (Å²) in [5.74, 6) is 0.0291. The van der Waals surface area contributed by atoms with E-state index in [4.69, 9.17) is 5.73 Å². The van der Waals surface area contributed by atoms with Crippen LogP contribution >= 0.6 is 0 Å². The Morgan fingerprint density at radius 2 is 2.14 bits per heavy atom. The van der Waals surface area contributed by atoms with E-state index in [-0.39, 0.29) is 5.91 Å². The van der Waals surface area contributed by atoms with Gasteiger partial charge in [-0.1, -0.05) is 12.1 Å². The summed E-state index contributed by atoms with van der Waals surface area (Å²) in [6.45, 7) is 4.85. The van der Waals surface area contributed by atoms with Crippen LogP contribution in [0, 0.1) is 0 Å². The molecule has 21 heavy (non-hydrogen) atoms. The van der Waals surface area contributed by atoms with Crippen LogP contribution in [-0.4, -0.2) is 41.1 Å². The fourth-order valence-electron chi connectivity index (χ4n) is 2.64. The van der Waals surface area contributed by atoms with E-state index in [1.54, 1.807) is 0 Å². The summed E-state index contributed by atoms with van der Waals surface area (Å²) in [6, 6.07) is 7.58. The highest BCUT2D eigenvalue weighted by Crippen LogP contribution is 2.20. The summed E-state index contributed by atoms with van der Waals surface area (Å²) >= 11 is 0. The molecule has 0 saturated carbocycles. The van der Waals surface area contributed by atoms with E-state index in [2.05, 4.69) is 10.2 Å². The number of aliphatic hydroxyl groups is 1.